The van der Waals surface area contributed by atoms with E-state index in [0.717, 1.165) is 24.8 Å². The van der Waals surface area contributed by atoms with Gasteiger partial charge >= 0.3 is 6.18 Å². The highest BCUT2D eigenvalue weighted by atomic mass is 19.4. The van der Waals surface area contributed by atoms with Crippen molar-refractivity contribution in [3.05, 3.63) is 35.4 Å². The van der Waals surface area contributed by atoms with Crippen LogP contribution in [-0.2, 0) is 0 Å². The van der Waals surface area contributed by atoms with Crippen LogP contribution in [0.1, 0.15) is 42.3 Å². The van der Waals surface area contributed by atoms with Crippen LogP contribution in [0.5, 0.6) is 0 Å². The molecule has 1 nitrogen and oxygen atoms in total. The first-order valence-corrected chi connectivity index (χ1v) is 5.41. The van der Waals surface area contributed by atoms with E-state index in [1.54, 1.807) is 18.2 Å². The average molecular weight is 229 g/mol. The van der Waals surface area contributed by atoms with Crippen molar-refractivity contribution in [2.75, 3.05) is 0 Å². The van der Waals surface area contributed by atoms with Crippen molar-refractivity contribution in [1.29, 1.82) is 0 Å². The first kappa shape index (κ1) is 11.5. The minimum Gasteiger partial charge on any atom is -0.316 e. The molecule has 0 radical (unpaired) electrons. The number of nitrogens with two attached hydrogens (primary N) is 1. The van der Waals surface area contributed by atoms with Gasteiger partial charge in [-0.25, -0.2) is 0 Å². The summed E-state index contributed by atoms with van der Waals surface area (Å²) in [6.45, 7) is 0. The van der Waals surface area contributed by atoms with Crippen LogP contribution >= 0.6 is 0 Å². The summed E-state index contributed by atoms with van der Waals surface area (Å²) >= 11 is 0. The summed E-state index contributed by atoms with van der Waals surface area (Å²) in [5.41, 5.74) is 6.28. The Morgan fingerprint density at radius 3 is 2.31 bits per heavy atom. The smallest absolute Gasteiger partial charge is 0.316 e. The van der Waals surface area contributed by atoms with Gasteiger partial charge in [-0.05, 0) is 29.9 Å². The molecule has 0 bridgehead atoms. The molecule has 0 aliphatic heterocycles. The molecule has 1 aliphatic rings. The summed E-state index contributed by atoms with van der Waals surface area (Å²) in [5, 5.41) is 0. The van der Waals surface area contributed by atoms with Gasteiger partial charge in [0, 0.05) is 0 Å². The predicted molar refractivity (Wildman–Crippen MR) is 56.0 cm³/mol. The summed E-state index contributed by atoms with van der Waals surface area (Å²) in [6, 6.07) is 4.80. The van der Waals surface area contributed by atoms with Gasteiger partial charge in [-0.3, -0.25) is 0 Å². The lowest BCUT2D eigenvalue weighted by molar-refractivity contribution is -0.149. The molecule has 1 saturated carbocycles. The molecule has 1 aromatic carbocycles. The van der Waals surface area contributed by atoms with Crippen molar-refractivity contribution in [2.45, 2.75) is 37.4 Å². The molecule has 2 N–H and O–H groups in total. The van der Waals surface area contributed by atoms with Gasteiger partial charge in [0.05, 0.1) is 0 Å². The molecule has 1 fully saturated rings. The van der Waals surface area contributed by atoms with Crippen LogP contribution in [0.15, 0.2) is 24.3 Å². The summed E-state index contributed by atoms with van der Waals surface area (Å²) in [7, 11) is 0. The second-order valence-corrected chi connectivity index (χ2v) is 4.28. The van der Waals surface area contributed by atoms with Crippen molar-refractivity contribution < 1.29 is 13.2 Å². The van der Waals surface area contributed by atoms with Gasteiger partial charge in [-0.2, -0.15) is 13.2 Å². The Kier molecular flexibility index (Phi) is 2.93. The zero-order chi connectivity index (χ0) is 11.8. The van der Waals surface area contributed by atoms with Crippen LogP contribution in [-0.4, -0.2) is 6.18 Å². The third-order valence-electron chi connectivity index (χ3n) is 3.23. The van der Waals surface area contributed by atoms with Crippen molar-refractivity contribution in [3.63, 3.8) is 0 Å². The molecule has 4 heteroatoms. The van der Waals surface area contributed by atoms with Crippen molar-refractivity contribution in [1.82, 2.24) is 0 Å². The third kappa shape index (κ3) is 2.07. The summed E-state index contributed by atoms with van der Waals surface area (Å²) < 4.78 is 37.7. The van der Waals surface area contributed by atoms with Gasteiger partial charge in [0.15, 0.2) is 0 Å². The minimum absolute atomic E-state index is 0.236. The highest BCUT2D eigenvalue weighted by Gasteiger charge is 2.39. The minimum atomic E-state index is -4.36. The number of alkyl halides is 3. The highest BCUT2D eigenvalue weighted by molar-refractivity contribution is 5.34. The van der Waals surface area contributed by atoms with E-state index < -0.39 is 12.2 Å². The fourth-order valence-corrected chi connectivity index (χ4v) is 2.06. The van der Waals surface area contributed by atoms with E-state index >= 15 is 0 Å². The maximum Gasteiger partial charge on any atom is 0.407 e. The van der Waals surface area contributed by atoms with Crippen LogP contribution in [0, 0.1) is 0 Å². The lowest BCUT2D eigenvalue weighted by Gasteiger charge is -2.30. The number of hydrogen-bond acceptors (Lipinski definition) is 1. The molecule has 1 aromatic rings. The molecule has 0 spiro atoms. The van der Waals surface area contributed by atoms with Gasteiger partial charge in [-0.1, -0.05) is 30.7 Å². The summed E-state index contributed by atoms with van der Waals surface area (Å²) in [5.74, 6) is 0.268. The molecule has 2 rings (SSSR count). The Labute approximate surface area is 92.5 Å². The quantitative estimate of drug-likeness (QED) is 0.825. The first-order valence-electron chi connectivity index (χ1n) is 5.41. The first-order chi connectivity index (χ1) is 7.50. The molecular formula is C12H14F3N. The van der Waals surface area contributed by atoms with Gasteiger partial charge < -0.3 is 5.73 Å². The zero-order valence-electron chi connectivity index (χ0n) is 8.80. The van der Waals surface area contributed by atoms with Gasteiger partial charge in [-0.15, -0.1) is 0 Å². The number of benzene rings is 1. The fourth-order valence-electron chi connectivity index (χ4n) is 2.06. The lowest BCUT2D eigenvalue weighted by Crippen LogP contribution is -2.30. The molecule has 1 unspecified atom stereocenters. The van der Waals surface area contributed by atoms with E-state index in [1.165, 1.54) is 6.07 Å². The Balaban J connectivity index is 2.32. The lowest BCUT2D eigenvalue weighted by atomic mass is 9.77. The van der Waals surface area contributed by atoms with E-state index in [9.17, 15) is 13.2 Å². The van der Waals surface area contributed by atoms with Crippen LogP contribution in [0.3, 0.4) is 0 Å². The van der Waals surface area contributed by atoms with E-state index in [4.69, 9.17) is 5.73 Å². The topological polar surface area (TPSA) is 26.0 Å². The van der Waals surface area contributed by atoms with E-state index in [0.29, 0.717) is 0 Å². The Bertz CT molecular complexity index is 369. The normalized spacial score (nSPS) is 19.2. The monoisotopic (exact) mass is 229 g/mol. The van der Waals surface area contributed by atoms with Crippen molar-refractivity contribution in [3.8, 4) is 0 Å². The summed E-state index contributed by atoms with van der Waals surface area (Å²) in [4.78, 5) is 0. The largest absolute Gasteiger partial charge is 0.407 e. The van der Waals surface area contributed by atoms with Crippen LogP contribution in [0.2, 0.25) is 0 Å². The van der Waals surface area contributed by atoms with E-state index in [2.05, 4.69) is 0 Å². The third-order valence-corrected chi connectivity index (χ3v) is 3.23. The van der Waals surface area contributed by atoms with E-state index in [1.807, 2.05) is 0 Å². The summed E-state index contributed by atoms with van der Waals surface area (Å²) in [6.07, 6.45) is -1.32. The van der Waals surface area contributed by atoms with Crippen molar-refractivity contribution in [2.24, 2.45) is 5.73 Å². The number of rotatable bonds is 2. The maximum atomic E-state index is 12.6. The Morgan fingerprint density at radius 1 is 1.19 bits per heavy atom. The maximum absolute atomic E-state index is 12.6. The molecule has 0 aromatic heterocycles. The Morgan fingerprint density at radius 2 is 1.81 bits per heavy atom. The van der Waals surface area contributed by atoms with Crippen molar-refractivity contribution >= 4 is 0 Å². The van der Waals surface area contributed by atoms with Crippen LogP contribution in [0.25, 0.3) is 0 Å². The van der Waals surface area contributed by atoms with E-state index in [-0.39, 0.29) is 11.5 Å². The molecule has 0 saturated heterocycles. The zero-order valence-corrected chi connectivity index (χ0v) is 8.80. The molecule has 0 amide bonds. The SMILES string of the molecule is NC(c1ccccc1C1CCC1)C(F)(F)F. The predicted octanol–water partition coefficient (Wildman–Crippen LogP) is 3.52. The standard InChI is InChI=1S/C12H14F3N/c13-12(14,15)11(16)10-7-2-1-6-9(10)8-4-3-5-8/h1-2,6-8,11H,3-5,16H2. The van der Waals surface area contributed by atoms with Gasteiger partial charge in [0.25, 0.3) is 0 Å². The molecule has 0 heterocycles. The molecule has 88 valence electrons. The molecular weight excluding hydrogens is 215 g/mol. The molecule has 16 heavy (non-hydrogen) atoms. The Hall–Kier alpha value is -1.03. The van der Waals surface area contributed by atoms with Crippen LogP contribution in [0.4, 0.5) is 13.2 Å². The average Bonchev–Trinajstić information content (AvgIpc) is 2.13. The number of halogens is 3. The van der Waals surface area contributed by atoms with Gasteiger partial charge in [0.1, 0.15) is 6.04 Å². The number of hydrogen-bond donors (Lipinski definition) is 1. The second-order valence-electron chi connectivity index (χ2n) is 4.28. The van der Waals surface area contributed by atoms with Crippen LogP contribution < -0.4 is 5.73 Å². The molecule has 1 aliphatic carbocycles. The molecule has 1 atom stereocenters. The fraction of sp³-hybridized carbons (Fsp3) is 0.500. The van der Waals surface area contributed by atoms with Gasteiger partial charge in [0.2, 0.25) is 0 Å². The highest BCUT2D eigenvalue weighted by Crippen LogP contribution is 2.41. The second kappa shape index (κ2) is 4.09.